The van der Waals surface area contributed by atoms with Crippen molar-refractivity contribution >= 4 is 14.4 Å². The average molecular weight is 156 g/mol. The minimum atomic E-state index is -0.324. The highest BCUT2D eigenvalue weighted by molar-refractivity contribution is 7.17. The summed E-state index contributed by atoms with van der Waals surface area (Å²) in [6, 6.07) is 7.02. The molecule has 0 aliphatic rings. The third-order valence-corrected chi connectivity index (χ3v) is 1.35. The first-order valence-corrected chi connectivity index (χ1v) is 3.47. The molecule has 0 unspecified atom stereocenters. The fourth-order valence-electron chi connectivity index (χ4n) is 0.593. The number of hydrogen-bond donors (Lipinski definition) is 1. The van der Waals surface area contributed by atoms with Crippen molar-refractivity contribution in [3.63, 3.8) is 0 Å². The maximum atomic E-state index is 9.92. The first kappa shape index (κ1) is 7.19. The second-order valence-electron chi connectivity index (χ2n) is 1.81. The summed E-state index contributed by atoms with van der Waals surface area (Å²) in [5.74, 6) is 0.587. The van der Waals surface area contributed by atoms with Gasteiger partial charge in [-0.2, -0.15) is 0 Å². The molecule has 0 radical (unpaired) electrons. The molecular weight excluding hydrogens is 149 g/mol. The summed E-state index contributed by atoms with van der Waals surface area (Å²) in [4.78, 5) is 0. The van der Waals surface area contributed by atoms with Crippen LogP contribution in [0.3, 0.4) is 0 Å². The molecular formula is C6H7NO2P+. The van der Waals surface area contributed by atoms with E-state index >= 15 is 0 Å². The first-order valence-electron chi connectivity index (χ1n) is 2.74. The van der Waals surface area contributed by atoms with Crippen LogP contribution in [0.25, 0.3) is 0 Å². The molecule has 3 N–H and O–H groups in total. The van der Waals surface area contributed by atoms with E-state index in [-0.39, 0.29) is 8.69 Å². The smallest absolute Gasteiger partial charge is 0.395 e. The second-order valence-corrected chi connectivity index (χ2v) is 2.14. The quantitative estimate of drug-likeness (QED) is 0.653. The average Bonchev–Trinajstić information content (AvgIpc) is 1.95. The number of quaternary nitrogens is 1. The molecule has 0 aliphatic carbocycles. The zero-order valence-corrected chi connectivity index (χ0v) is 6.17. The Balaban J connectivity index is 2.78. The Bertz CT molecular complexity index is 222. The van der Waals surface area contributed by atoms with Gasteiger partial charge in [0.2, 0.25) is 0 Å². The molecule has 0 saturated heterocycles. The standard InChI is InChI=1S/C6H6NO2P/c7-5-1-3-6(4-2-5)9-10-8/h1-4H,7H2/p+1. The molecule has 1 aromatic carbocycles. The molecule has 0 fully saturated rings. The zero-order valence-electron chi connectivity index (χ0n) is 5.28. The second kappa shape index (κ2) is 3.30. The molecule has 0 saturated carbocycles. The van der Waals surface area contributed by atoms with Gasteiger partial charge in [-0.25, -0.2) is 4.57 Å². The summed E-state index contributed by atoms with van der Waals surface area (Å²) in [6.45, 7) is 0. The summed E-state index contributed by atoms with van der Waals surface area (Å²) in [5, 5.41) is 0. The molecule has 0 amide bonds. The number of rotatable bonds is 2. The van der Waals surface area contributed by atoms with Gasteiger partial charge in [-0.05, 0) is 12.1 Å². The maximum absolute atomic E-state index is 9.92. The summed E-state index contributed by atoms with van der Waals surface area (Å²) < 4.78 is 14.6. The van der Waals surface area contributed by atoms with Crippen LogP contribution in [0, 0.1) is 0 Å². The molecule has 0 spiro atoms. The predicted molar refractivity (Wildman–Crippen MR) is 37.2 cm³/mol. The van der Waals surface area contributed by atoms with E-state index in [0.717, 1.165) is 5.69 Å². The molecule has 1 rings (SSSR count). The van der Waals surface area contributed by atoms with Gasteiger partial charge in [0.25, 0.3) is 0 Å². The van der Waals surface area contributed by atoms with Gasteiger partial charge < -0.3 is 10.3 Å². The Labute approximate surface area is 60.1 Å². The van der Waals surface area contributed by atoms with Gasteiger partial charge >= 0.3 is 8.69 Å². The molecule has 4 heteroatoms. The molecule has 1 aromatic rings. The van der Waals surface area contributed by atoms with Gasteiger partial charge in [0, 0.05) is 12.1 Å². The third-order valence-electron chi connectivity index (χ3n) is 1.07. The van der Waals surface area contributed by atoms with Gasteiger partial charge in [-0.1, -0.05) is 0 Å². The van der Waals surface area contributed by atoms with Crippen molar-refractivity contribution in [2.45, 2.75) is 0 Å². The van der Waals surface area contributed by atoms with Crippen LogP contribution >= 0.6 is 8.69 Å². The van der Waals surface area contributed by atoms with Gasteiger partial charge in [0.15, 0.2) is 0 Å². The van der Waals surface area contributed by atoms with Crippen LogP contribution in [0.2, 0.25) is 0 Å². The van der Waals surface area contributed by atoms with Crippen molar-refractivity contribution in [3.8, 4) is 5.75 Å². The Morgan fingerprint density at radius 1 is 1.30 bits per heavy atom. The topological polar surface area (TPSA) is 53.9 Å². The predicted octanol–water partition coefficient (Wildman–Crippen LogP) is 1.15. The third kappa shape index (κ3) is 1.79. The van der Waals surface area contributed by atoms with Crippen molar-refractivity contribution < 1.29 is 14.8 Å². The van der Waals surface area contributed by atoms with E-state index in [1.807, 2.05) is 0 Å². The minimum absolute atomic E-state index is 0.324. The lowest BCUT2D eigenvalue weighted by molar-refractivity contribution is -0.254. The normalized spacial score (nSPS) is 9.70. The van der Waals surface area contributed by atoms with Crippen LogP contribution < -0.4 is 10.3 Å². The van der Waals surface area contributed by atoms with Crippen LogP contribution in [0.15, 0.2) is 24.3 Å². The van der Waals surface area contributed by atoms with Crippen LogP contribution in [0.5, 0.6) is 5.75 Å². The van der Waals surface area contributed by atoms with Crippen molar-refractivity contribution in [1.82, 2.24) is 0 Å². The van der Waals surface area contributed by atoms with Gasteiger partial charge in [-0.15, -0.1) is 0 Å². The molecule has 0 atom stereocenters. The van der Waals surface area contributed by atoms with Crippen molar-refractivity contribution in [2.24, 2.45) is 0 Å². The zero-order chi connectivity index (χ0) is 7.40. The fraction of sp³-hybridized carbons (Fsp3) is 0. The molecule has 0 aliphatic heterocycles. The highest BCUT2D eigenvalue weighted by Crippen LogP contribution is 2.15. The Morgan fingerprint density at radius 2 is 1.90 bits per heavy atom. The van der Waals surface area contributed by atoms with Gasteiger partial charge in [-0.3, -0.25) is 0 Å². The van der Waals surface area contributed by atoms with Gasteiger partial charge in [0.05, 0.1) is 0 Å². The molecule has 0 bridgehead atoms. The van der Waals surface area contributed by atoms with Crippen LogP contribution in [0.1, 0.15) is 0 Å². The summed E-state index contributed by atoms with van der Waals surface area (Å²) in [7, 11) is -0.324. The molecule has 0 heterocycles. The summed E-state index contributed by atoms with van der Waals surface area (Å²) in [6.07, 6.45) is 0. The lowest BCUT2D eigenvalue weighted by atomic mass is 10.3. The Kier molecular flexibility index (Phi) is 2.37. The van der Waals surface area contributed by atoms with Gasteiger partial charge in [0.1, 0.15) is 11.4 Å². The number of benzene rings is 1. The molecule has 10 heavy (non-hydrogen) atoms. The van der Waals surface area contributed by atoms with E-state index < -0.39 is 0 Å². The highest BCUT2D eigenvalue weighted by atomic mass is 31.1. The maximum Gasteiger partial charge on any atom is 0.395 e. The van der Waals surface area contributed by atoms with Crippen molar-refractivity contribution in [1.29, 1.82) is 0 Å². The molecule has 3 nitrogen and oxygen atoms in total. The van der Waals surface area contributed by atoms with Crippen molar-refractivity contribution in [3.05, 3.63) is 24.3 Å². The minimum Gasteiger partial charge on any atom is -0.408 e. The highest BCUT2D eigenvalue weighted by Gasteiger charge is 1.91. The number of hydrogen-bond acceptors (Lipinski definition) is 2. The van der Waals surface area contributed by atoms with E-state index in [1.54, 1.807) is 24.3 Å². The SMILES string of the molecule is [NH3+]c1ccc(OP=O)cc1. The summed E-state index contributed by atoms with van der Waals surface area (Å²) >= 11 is 0. The van der Waals surface area contributed by atoms with E-state index in [1.165, 1.54) is 0 Å². The Morgan fingerprint density at radius 3 is 2.40 bits per heavy atom. The largest absolute Gasteiger partial charge is 0.408 e. The van der Waals surface area contributed by atoms with Crippen LogP contribution in [-0.4, -0.2) is 0 Å². The lowest BCUT2D eigenvalue weighted by Crippen LogP contribution is -2.39. The lowest BCUT2D eigenvalue weighted by Gasteiger charge is -1.92. The van der Waals surface area contributed by atoms with Crippen LogP contribution in [-0.2, 0) is 4.57 Å². The van der Waals surface area contributed by atoms with E-state index in [0.29, 0.717) is 5.75 Å². The monoisotopic (exact) mass is 156 g/mol. The van der Waals surface area contributed by atoms with E-state index in [2.05, 4.69) is 10.3 Å². The van der Waals surface area contributed by atoms with Crippen molar-refractivity contribution in [2.75, 3.05) is 0 Å². The van der Waals surface area contributed by atoms with E-state index in [4.69, 9.17) is 0 Å². The van der Waals surface area contributed by atoms with E-state index in [9.17, 15) is 4.57 Å². The summed E-state index contributed by atoms with van der Waals surface area (Å²) in [5.41, 5.74) is 4.60. The first-order chi connectivity index (χ1) is 4.83. The van der Waals surface area contributed by atoms with Crippen LogP contribution in [0.4, 0.5) is 5.69 Å². The molecule has 52 valence electrons. The fourth-order valence-corrected chi connectivity index (χ4v) is 0.801. The Hall–Kier alpha value is -0.920. The molecule has 0 aromatic heterocycles.